The van der Waals surface area contributed by atoms with Crippen LogP contribution >= 0.6 is 11.6 Å². The van der Waals surface area contributed by atoms with Crippen LogP contribution in [0.1, 0.15) is 0 Å². The molecule has 2 heterocycles. The SMILES string of the molecule is O=c1[nH]c(-c2ccc3n[nH]nc3c2)nc2cccc(Cl)c12. The zero-order valence-corrected chi connectivity index (χ0v) is 11.3. The van der Waals surface area contributed by atoms with Crippen LogP contribution in [0.15, 0.2) is 41.2 Å². The van der Waals surface area contributed by atoms with Gasteiger partial charge in [0.2, 0.25) is 0 Å². The number of aromatic nitrogens is 5. The summed E-state index contributed by atoms with van der Waals surface area (Å²) >= 11 is 6.04. The lowest BCUT2D eigenvalue weighted by Crippen LogP contribution is -2.10. The van der Waals surface area contributed by atoms with E-state index in [0.717, 1.165) is 11.1 Å². The maximum absolute atomic E-state index is 12.2. The van der Waals surface area contributed by atoms with Gasteiger partial charge in [0.05, 0.1) is 15.9 Å². The predicted molar refractivity (Wildman–Crippen MR) is 80.3 cm³/mol. The summed E-state index contributed by atoms with van der Waals surface area (Å²) in [5, 5.41) is 11.4. The molecule has 21 heavy (non-hydrogen) atoms. The maximum Gasteiger partial charge on any atom is 0.260 e. The molecule has 0 bridgehead atoms. The second-order valence-electron chi connectivity index (χ2n) is 4.58. The van der Waals surface area contributed by atoms with E-state index in [1.165, 1.54) is 0 Å². The van der Waals surface area contributed by atoms with Crippen molar-refractivity contribution in [3.05, 3.63) is 51.8 Å². The van der Waals surface area contributed by atoms with Gasteiger partial charge in [0.25, 0.3) is 5.56 Å². The van der Waals surface area contributed by atoms with Crippen LogP contribution < -0.4 is 5.56 Å². The molecule has 0 saturated heterocycles. The van der Waals surface area contributed by atoms with Gasteiger partial charge in [0.1, 0.15) is 16.9 Å². The molecule has 0 atom stereocenters. The smallest absolute Gasteiger partial charge is 0.260 e. The highest BCUT2D eigenvalue weighted by molar-refractivity contribution is 6.35. The summed E-state index contributed by atoms with van der Waals surface area (Å²) in [5.74, 6) is 0.472. The van der Waals surface area contributed by atoms with Gasteiger partial charge in [-0.15, -0.1) is 0 Å². The molecule has 4 rings (SSSR count). The Morgan fingerprint density at radius 3 is 2.76 bits per heavy atom. The molecular formula is C14H8ClN5O. The number of benzene rings is 2. The number of H-pyrrole nitrogens is 2. The lowest BCUT2D eigenvalue weighted by molar-refractivity contribution is 0.959. The molecule has 0 saturated carbocycles. The summed E-state index contributed by atoms with van der Waals surface area (Å²) < 4.78 is 0. The van der Waals surface area contributed by atoms with Crippen molar-refractivity contribution in [3.63, 3.8) is 0 Å². The number of nitrogens with zero attached hydrogens (tertiary/aromatic N) is 3. The molecule has 0 aliphatic rings. The van der Waals surface area contributed by atoms with Crippen molar-refractivity contribution in [2.45, 2.75) is 0 Å². The van der Waals surface area contributed by atoms with E-state index >= 15 is 0 Å². The van der Waals surface area contributed by atoms with Crippen molar-refractivity contribution in [2.24, 2.45) is 0 Å². The third-order valence-corrected chi connectivity index (χ3v) is 3.59. The van der Waals surface area contributed by atoms with Crippen molar-refractivity contribution in [1.82, 2.24) is 25.4 Å². The number of hydrogen-bond acceptors (Lipinski definition) is 4. The quantitative estimate of drug-likeness (QED) is 0.565. The Labute approximate surface area is 122 Å². The summed E-state index contributed by atoms with van der Waals surface area (Å²) in [6.45, 7) is 0. The fourth-order valence-electron chi connectivity index (χ4n) is 2.27. The van der Waals surface area contributed by atoms with Crippen molar-refractivity contribution in [3.8, 4) is 11.4 Å². The van der Waals surface area contributed by atoms with E-state index < -0.39 is 0 Å². The van der Waals surface area contributed by atoms with Crippen LogP contribution in [-0.4, -0.2) is 25.4 Å². The zero-order valence-electron chi connectivity index (χ0n) is 10.6. The molecule has 0 spiro atoms. The van der Waals surface area contributed by atoms with Crippen LogP contribution in [0.2, 0.25) is 5.02 Å². The second-order valence-corrected chi connectivity index (χ2v) is 4.98. The Balaban J connectivity index is 2.00. The highest BCUT2D eigenvalue weighted by Crippen LogP contribution is 2.22. The zero-order chi connectivity index (χ0) is 14.4. The molecule has 0 fully saturated rings. The van der Waals surface area contributed by atoms with E-state index in [9.17, 15) is 4.79 Å². The summed E-state index contributed by atoms with van der Waals surface area (Å²) in [7, 11) is 0. The Bertz CT molecular complexity index is 1040. The van der Waals surface area contributed by atoms with Gasteiger partial charge in [-0.25, -0.2) is 4.98 Å². The van der Waals surface area contributed by atoms with E-state index in [0.29, 0.717) is 27.3 Å². The van der Waals surface area contributed by atoms with E-state index in [4.69, 9.17) is 11.6 Å². The molecule has 0 aliphatic heterocycles. The Kier molecular flexibility index (Phi) is 2.52. The summed E-state index contributed by atoms with van der Waals surface area (Å²) in [5.41, 5.74) is 2.52. The van der Waals surface area contributed by atoms with Gasteiger partial charge in [-0.1, -0.05) is 17.7 Å². The van der Waals surface area contributed by atoms with Gasteiger partial charge in [0, 0.05) is 5.56 Å². The first-order valence-electron chi connectivity index (χ1n) is 6.22. The maximum atomic E-state index is 12.2. The van der Waals surface area contributed by atoms with E-state index in [2.05, 4.69) is 25.4 Å². The lowest BCUT2D eigenvalue weighted by atomic mass is 10.1. The molecule has 0 radical (unpaired) electrons. The first kappa shape index (κ1) is 12.0. The third-order valence-electron chi connectivity index (χ3n) is 3.27. The molecule has 0 amide bonds. The number of halogens is 1. The molecule has 2 N–H and O–H groups in total. The number of hydrogen-bond donors (Lipinski definition) is 2. The number of nitrogens with one attached hydrogen (secondary N) is 2. The van der Waals surface area contributed by atoms with Gasteiger partial charge >= 0.3 is 0 Å². The minimum atomic E-state index is -0.263. The number of rotatable bonds is 1. The topological polar surface area (TPSA) is 87.3 Å². The Morgan fingerprint density at radius 2 is 1.86 bits per heavy atom. The van der Waals surface area contributed by atoms with Gasteiger partial charge in [0.15, 0.2) is 0 Å². The largest absolute Gasteiger partial charge is 0.306 e. The van der Waals surface area contributed by atoms with Crippen LogP contribution in [0.3, 0.4) is 0 Å². The molecule has 4 aromatic rings. The molecule has 102 valence electrons. The summed E-state index contributed by atoms with van der Waals surface area (Å²) in [6.07, 6.45) is 0. The van der Waals surface area contributed by atoms with E-state index in [-0.39, 0.29) is 5.56 Å². The molecule has 2 aromatic heterocycles. The molecule has 0 aliphatic carbocycles. The average Bonchev–Trinajstić information content (AvgIpc) is 2.94. The van der Waals surface area contributed by atoms with Crippen LogP contribution in [0.25, 0.3) is 33.3 Å². The third kappa shape index (κ3) is 1.88. The van der Waals surface area contributed by atoms with E-state index in [1.807, 2.05) is 18.2 Å². The van der Waals surface area contributed by atoms with Crippen molar-refractivity contribution < 1.29 is 0 Å². The molecule has 6 nitrogen and oxygen atoms in total. The number of fused-ring (bicyclic) bond motifs is 2. The van der Waals surface area contributed by atoms with E-state index in [1.54, 1.807) is 18.2 Å². The molecule has 0 unspecified atom stereocenters. The van der Waals surface area contributed by atoms with Gasteiger partial charge in [-0.2, -0.15) is 15.4 Å². The average molecular weight is 298 g/mol. The molecule has 2 aromatic carbocycles. The summed E-state index contributed by atoms with van der Waals surface area (Å²) in [4.78, 5) is 19.4. The fourth-order valence-corrected chi connectivity index (χ4v) is 2.53. The van der Waals surface area contributed by atoms with Crippen molar-refractivity contribution in [1.29, 1.82) is 0 Å². The van der Waals surface area contributed by atoms with Crippen molar-refractivity contribution in [2.75, 3.05) is 0 Å². The molecular weight excluding hydrogens is 290 g/mol. The highest BCUT2D eigenvalue weighted by Gasteiger charge is 2.09. The minimum absolute atomic E-state index is 0.263. The second kappa shape index (κ2) is 4.39. The van der Waals surface area contributed by atoms with Crippen LogP contribution in [-0.2, 0) is 0 Å². The van der Waals surface area contributed by atoms with Crippen LogP contribution in [0.4, 0.5) is 0 Å². The first-order valence-corrected chi connectivity index (χ1v) is 6.59. The van der Waals surface area contributed by atoms with Gasteiger partial charge < -0.3 is 4.98 Å². The minimum Gasteiger partial charge on any atom is -0.306 e. The predicted octanol–water partition coefficient (Wildman–Crippen LogP) is 2.51. The van der Waals surface area contributed by atoms with Crippen LogP contribution in [0.5, 0.6) is 0 Å². The number of aromatic amines is 2. The molecule has 7 heteroatoms. The monoisotopic (exact) mass is 297 g/mol. The van der Waals surface area contributed by atoms with Crippen LogP contribution in [0, 0.1) is 0 Å². The normalized spacial score (nSPS) is 11.3. The first-order chi connectivity index (χ1) is 10.2. The highest BCUT2D eigenvalue weighted by atomic mass is 35.5. The standard InChI is InChI=1S/C14H8ClN5O/c15-8-2-1-3-10-12(8)14(21)17-13(16-10)7-4-5-9-11(6-7)19-20-18-9/h1-6H,(H,16,17,21)(H,18,19,20). The van der Waals surface area contributed by atoms with Gasteiger partial charge in [-0.05, 0) is 30.3 Å². The van der Waals surface area contributed by atoms with Crippen molar-refractivity contribution >= 4 is 33.5 Å². The van der Waals surface area contributed by atoms with Gasteiger partial charge in [-0.3, -0.25) is 4.79 Å². The fraction of sp³-hybridized carbons (Fsp3) is 0. The summed E-state index contributed by atoms with van der Waals surface area (Å²) in [6, 6.07) is 10.7. The Hall–Kier alpha value is -2.73. The Morgan fingerprint density at radius 1 is 1.00 bits per heavy atom. The lowest BCUT2D eigenvalue weighted by Gasteiger charge is -2.04.